The molecular formula is C16H30ClN3O4. The molecule has 0 aromatic carbocycles. The van der Waals surface area contributed by atoms with E-state index in [0.717, 1.165) is 19.3 Å². The number of rotatable bonds is 8. The van der Waals surface area contributed by atoms with Crippen LogP contribution in [0.25, 0.3) is 0 Å². The zero-order chi connectivity index (χ0) is 17.6. The third-order valence-electron chi connectivity index (χ3n) is 4.57. The van der Waals surface area contributed by atoms with Gasteiger partial charge in [0.25, 0.3) is 0 Å². The van der Waals surface area contributed by atoms with Crippen LogP contribution in [0.3, 0.4) is 0 Å². The van der Waals surface area contributed by atoms with Crippen molar-refractivity contribution in [2.75, 3.05) is 0 Å². The minimum atomic E-state index is -0.938. The molecule has 3 unspecified atom stereocenters. The second-order valence-corrected chi connectivity index (χ2v) is 6.35. The van der Waals surface area contributed by atoms with Crippen molar-refractivity contribution in [3.05, 3.63) is 0 Å². The van der Waals surface area contributed by atoms with Gasteiger partial charge in [0.05, 0.1) is 0 Å². The summed E-state index contributed by atoms with van der Waals surface area (Å²) in [4.78, 5) is 34.3. The minimum absolute atomic E-state index is 0. The van der Waals surface area contributed by atoms with Gasteiger partial charge < -0.3 is 15.7 Å². The fraction of sp³-hybridized carbons (Fsp3) is 0.812. The van der Waals surface area contributed by atoms with Crippen LogP contribution in [0, 0.1) is 5.92 Å². The first-order valence-corrected chi connectivity index (χ1v) is 8.31. The van der Waals surface area contributed by atoms with E-state index >= 15 is 0 Å². The van der Waals surface area contributed by atoms with Crippen molar-refractivity contribution in [1.29, 1.82) is 0 Å². The molecular weight excluding hydrogens is 334 g/mol. The SMILES string of the molecule is CCC(CC)CC(NC(C)=O)C1N[C@H](C(=O)O)CC1NC(C)=O.Cl. The largest absolute Gasteiger partial charge is 0.480 e. The Morgan fingerprint density at radius 3 is 2.17 bits per heavy atom. The molecule has 0 spiro atoms. The van der Waals surface area contributed by atoms with E-state index in [9.17, 15) is 19.5 Å². The molecule has 1 aliphatic heterocycles. The van der Waals surface area contributed by atoms with Gasteiger partial charge in [0.1, 0.15) is 6.04 Å². The number of halogens is 1. The van der Waals surface area contributed by atoms with Gasteiger partial charge in [0, 0.05) is 32.0 Å². The first kappa shape index (κ1) is 22.7. The Morgan fingerprint density at radius 1 is 1.17 bits per heavy atom. The van der Waals surface area contributed by atoms with Gasteiger partial charge in [-0.25, -0.2) is 0 Å². The summed E-state index contributed by atoms with van der Waals surface area (Å²) in [6, 6.07) is -1.52. The van der Waals surface area contributed by atoms with Gasteiger partial charge in [-0.3, -0.25) is 19.7 Å². The lowest BCUT2D eigenvalue weighted by molar-refractivity contribution is -0.139. The summed E-state index contributed by atoms with van der Waals surface area (Å²) in [5.74, 6) is -0.845. The average molecular weight is 364 g/mol. The van der Waals surface area contributed by atoms with E-state index in [1.807, 2.05) is 0 Å². The first-order valence-electron chi connectivity index (χ1n) is 8.31. The number of carboxylic acids is 1. The Bertz CT molecular complexity index is 443. The van der Waals surface area contributed by atoms with E-state index in [1.165, 1.54) is 13.8 Å². The molecule has 0 aromatic rings. The lowest BCUT2D eigenvalue weighted by atomic mass is 9.89. The van der Waals surface area contributed by atoms with Crippen molar-refractivity contribution in [1.82, 2.24) is 16.0 Å². The summed E-state index contributed by atoms with van der Waals surface area (Å²) in [6.07, 6.45) is 3.06. The van der Waals surface area contributed by atoms with Gasteiger partial charge in [-0.05, 0) is 18.8 Å². The van der Waals surface area contributed by atoms with E-state index in [0.29, 0.717) is 12.3 Å². The average Bonchev–Trinajstić information content (AvgIpc) is 2.86. The Hall–Kier alpha value is -1.34. The molecule has 1 saturated heterocycles. The Morgan fingerprint density at radius 2 is 1.75 bits per heavy atom. The molecule has 7 nitrogen and oxygen atoms in total. The smallest absolute Gasteiger partial charge is 0.320 e. The molecule has 0 aromatic heterocycles. The topological polar surface area (TPSA) is 108 Å². The molecule has 0 aliphatic carbocycles. The second-order valence-electron chi connectivity index (χ2n) is 6.35. The Balaban J connectivity index is 0.00000529. The number of carbonyl (C=O) groups excluding carboxylic acids is 2. The molecule has 24 heavy (non-hydrogen) atoms. The number of aliphatic carboxylic acids is 1. The Kier molecular flexibility index (Phi) is 9.92. The summed E-state index contributed by atoms with van der Waals surface area (Å²) in [7, 11) is 0. The molecule has 1 aliphatic rings. The van der Waals surface area contributed by atoms with Crippen molar-refractivity contribution in [2.45, 2.75) is 77.5 Å². The zero-order valence-corrected chi connectivity index (χ0v) is 15.6. The zero-order valence-electron chi connectivity index (χ0n) is 14.8. The predicted octanol–water partition coefficient (Wildman–Crippen LogP) is 1.06. The van der Waals surface area contributed by atoms with Crippen LogP contribution in [0.1, 0.15) is 53.4 Å². The van der Waals surface area contributed by atoms with Crippen molar-refractivity contribution >= 4 is 30.2 Å². The first-order chi connectivity index (χ1) is 10.8. The number of carbonyl (C=O) groups is 3. The lowest BCUT2D eigenvalue weighted by Crippen LogP contribution is -2.56. The fourth-order valence-corrected chi connectivity index (χ4v) is 3.33. The van der Waals surface area contributed by atoms with Crippen molar-refractivity contribution in [2.24, 2.45) is 5.92 Å². The third kappa shape index (κ3) is 6.65. The van der Waals surface area contributed by atoms with Crippen LogP contribution in [0.4, 0.5) is 0 Å². The van der Waals surface area contributed by atoms with E-state index in [1.54, 1.807) is 0 Å². The van der Waals surface area contributed by atoms with Crippen LogP contribution in [-0.2, 0) is 14.4 Å². The van der Waals surface area contributed by atoms with Crippen LogP contribution in [0.15, 0.2) is 0 Å². The molecule has 0 saturated carbocycles. The van der Waals surface area contributed by atoms with E-state index in [2.05, 4.69) is 29.8 Å². The molecule has 4 atom stereocenters. The highest BCUT2D eigenvalue weighted by atomic mass is 35.5. The molecule has 4 N–H and O–H groups in total. The van der Waals surface area contributed by atoms with Crippen molar-refractivity contribution in [3.63, 3.8) is 0 Å². The third-order valence-corrected chi connectivity index (χ3v) is 4.57. The fourth-order valence-electron chi connectivity index (χ4n) is 3.33. The van der Waals surface area contributed by atoms with Gasteiger partial charge in [-0.2, -0.15) is 0 Å². The summed E-state index contributed by atoms with van der Waals surface area (Å²) < 4.78 is 0. The number of hydrogen-bond donors (Lipinski definition) is 4. The predicted molar refractivity (Wildman–Crippen MR) is 94.1 cm³/mol. The second kappa shape index (κ2) is 10.5. The summed E-state index contributed by atoms with van der Waals surface area (Å²) in [5.41, 5.74) is 0. The highest BCUT2D eigenvalue weighted by Gasteiger charge is 2.42. The summed E-state index contributed by atoms with van der Waals surface area (Å²) in [6.45, 7) is 7.08. The van der Waals surface area contributed by atoms with Crippen molar-refractivity contribution in [3.8, 4) is 0 Å². The standard InChI is InChI=1S/C16H29N3O4.ClH/c1-5-11(6-2)7-12(17-9(3)20)15-13(18-10(4)21)8-14(19-15)16(22)23;/h11-15,19H,5-8H2,1-4H3,(H,17,20)(H,18,21)(H,22,23);1H/t12?,13?,14-,15?;/m0./s1. The lowest BCUT2D eigenvalue weighted by Gasteiger charge is -2.32. The van der Waals surface area contributed by atoms with Gasteiger partial charge in [0.2, 0.25) is 11.8 Å². The molecule has 8 heteroatoms. The number of hydrogen-bond acceptors (Lipinski definition) is 4. The molecule has 1 heterocycles. The molecule has 0 bridgehead atoms. The van der Waals surface area contributed by atoms with E-state index in [-0.39, 0.29) is 42.3 Å². The normalized spacial score (nSPS) is 24.1. The minimum Gasteiger partial charge on any atom is -0.480 e. The summed E-state index contributed by atoms with van der Waals surface area (Å²) >= 11 is 0. The highest BCUT2D eigenvalue weighted by molar-refractivity contribution is 5.85. The molecule has 2 amide bonds. The Labute approximate surface area is 149 Å². The van der Waals surface area contributed by atoms with Crippen LogP contribution < -0.4 is 16.0 Å². The van der Waals surface area contributed by atoms with Crippen LogP contribution in [0.5, 0.6) is 0 Å². The number of nitrogens with one attached hydrogen (secondary N) is 3. The van der Waals surface area contributed by atoms with E-state index < -0.39 is 12.0 Å². The molecule has 0 radical (unpaired) electrons. The van der Waals surface area contributed by atoms with Crippen molar-refractivity contribution < 1.29 is 19.5 Å². The molecule has 1 rings (SSSR count). The van der Waals surface area contributed by atoms with Gasteiger partial charge in [-0.15, -0.1) is 12.4 Å². The number of amides is 2. The van der Waals surface area contributed by atoms with Gasteiger partial charge in [-0.1, -0.05) is 26.7 Å². The van der Waals surface area contributed by atoms with Crippen LogP contribution >= 0.6 is 12.4 Å². The van der Waals surface area contributed by atoms with Crippen LogP contribution in [-0.4, -0.2) is 47.1 Å². The maximum absolute atomic E-state index is 11.6. The maximum Gasteiger partial charge on any atom is 0.320 e. The van der Waals surface area contributed by atoms with E-state index in [4.69, 9.17) is 0 Å². The molecule has 1 fully saturated rings. The maximum atomic E-state index is 11.6. The van der Waals surface area contributed by atoms with Crippen LogP contribution in [0.2, 0.25) is 0 Å². The van der Waals surface area contributed by atoms with Gasteiger partial charge >= 0.3 is 5.97 Å². The monoisotopic (exact) mass is 363 g/mol. The highest BCUT2D eigenvalue weighted by Crippen LogP contribution is 2.23. The quantitative estimate of drug-likeness (QED) is 0.515. The number of carboxylic acid groups (broad SMARTS) is 1. The molecule has 140 valence electrons. The summed E-state index contributed by atoms with van der Waals surface area (Å²) in [5, 5.41) is 18.1. The van der Waals surface area contributed by atoms with Gasteiger partial charge in [0.15, 0.2) is 0 Å².